The van der Waals surface area contributed by atoms with Gasteiger partial charge in [-0.2, -0.15) is 0 Å². The first-order chi connectivity index (χ1) is 8.63. The second-order valence-corrected chi connectivity index (χ2v) is 5.42. The molecule has 0 bridgehead atoms. The van der Waals surface area contributed by atoms with Gasteiger partial charge in [-0.15, -0.1) is 0 Å². The van der Waals surface area contributed by atoms with Crippen molar-refractivity contribution in [1.82, 2.24) is 9.97 Å². The molecule has 1 aromatic carbocycles. The van der Waals surface area contributed by atoms with Gasteiger partial charge < -0.3 is 0 Å². The van der Waals surface area contributed by atoms with Crippen LogP contribution in [0.4, 0.5) is 0 Å². The fraction of sp³-hybridized carbons (Fsp3) is 0.333. The van der Waals surface area contributed by atoms with Crippen LogP contribution < -0.4 is 0 Å². The van der Waals surface area contributed by atoms with Gasteiger partial charge in [-0.05, 0) is 44.4 Å². The summed E-state index contributed by atoms with van der Waals surface area (Å²) in [5.41, 5.74) is 4.57. The van der Waals surface area contributed by atoms with Gasteiger partial charge in [0.1, 0.15) is 5.15 Å². The van der Waals surface area contributed by atoms with Gasteiger partial charge in [0, 0.05) is 17.2 Å². The molecule has 0 radical (unpaired) electrons. The third kappa shape index (κ3) is 2.25. The lowest BCUT2D eigenvalue weighted by atomic mass is 10.0. The Bertz CT molecular complexity index is 603. The molecule has 0 saturated heterocycles. The van der Waals surface area contributed by atoms with Gasteiger partial charge in [-0.1, -0.05) is 29.3 Å². The molecule has 1 aliphatic carbocycles. The van der Waals surface area contributed by atoms with Gasteiger partial charge >= 0.3 is 0 Å². The fourth-order valence-electron chi connectivity index (χ4n) is 2.12. The molecule has 0 N–H and O–H groups in total. The van der Waals surface area contributed by atoms with E-state index in [2.05, 4.69) is 42.0 Å². The maximum absolute atomic E-state index is 6.11. The van der Waals surface area contributed by atoms with Crippen molar-refractivity contribution in [2.45, 2.75) is 32.6 Å². The van der Waals surface area contributed by atoms with E-state index < -0.39 is 0 Å². The number of halogens is 1. The topological polar surface area (TPSA) is 25.8 Å². The first-order valence-corrected chi connectivity index (χ1v) is 6.63. The van der Waals surface area contributed by atoms with E-state index in [-0.39, 0.29) is 0 Å². The molecular formula is C15H15ClN2. The molecule has 0 spiro atoms. The lowest BCUT2D eigenvalue weighted by molar-refractivity contribution is 0.992. The summed E-state index contributed by atoms with van der Waals surface area (Å²) in [6.45, 7) is 4.16. The highest BCUT2D eigenvalue weighted by molar-refractivity contribution is 6.29. The van der Waals surface area contributed by atoms with Crippen molar-refractivity contribution < 1.29 is 0 Å². The SMILES string of the molecule is Cc1ccc(C)c(-c2nc(Cl)cc(C3CC3)n2)c1. The zero-order valence-corrected chi connectivity index (χ0v) is 11.3. The average Bonchev–Trinajstić information content (AvgIpc) is 3.15. The van der Waals surface area contributed by atoms with Crippen LogP contribution in [0.2, 0.25) is 5.15 Å². The maximum atomic E-state index is 6.11. The Balaban J connectivity index is 2.12. The Labute approximate surface area is 112 Å². The normalized spacial score (nSPS) is 14.8. The number of hydrogen-bond acceptors (Lipinski definition) is 2. The van der Waals surface area contributed by atoms with E-state index in [0.717, 1.165) is 17.1 Å². The summed E-state index contributed by atoms with van der Waals surface area (Å²) in [6, 6.07) is 8.22. The molecule has 0 atom stereocenters. The number of aryl methyl sites for hydroxylation is 2. The van der Waals surface area contributed by atoms with Crippen molar-refractivity contribution in [1.29, 1.82) is 0 Å². The minimum absolute atomic E-state index is 0.544. The molecule has 2 aromatic rings. The van der Waals surface area contributed by atoms with Crippen molar-refractivity contribution in [3.05, 3.63) is 46.2 Å². The maximum Gasteiger partial charge on any atom is 0.161 e. The Hall–Kier alpha value is -1.41. The molecule has 92 valence electrons. The molecule has 0 amide bonds. The molecule has 18 heavy (non-hydrogen) atoms. The highest BCUT2D eigenvalue weighted by Gasteiger charge is 2.26. The van der Waals surface area contributed by atoms with E-state index in [1.54, 1.807) is 0 Å². The smallest absolute Gasteiger partial charge is 0.161 e. The predicted molar refractivity (Wildman–Crippen MR) is 73.9 cm³/mol. The zero-order valence-electron chi connectivity index (χ0n) is 10.6. The lowest BCUT2D eigenvalue weighted by Gasteiger charge is -2.08. The van der Waals surface area contributed by atoms with Crippen molar-refractivity contribution in [2.24, 2.45) is 0 Å². The number of rotatable bonds is 2. The molecule has 3 heteroatoms. The summed E-state index contributed by atoms with van der Waals surface area (Å²) in [7, 11) is 0. The van der Waals surface area contributed by atoms with Crippen LogP contribution >= 0.6 is 11.6 Å². The minimum atomic E-state index is 0.544. The van der Waals surface area contributed by atoms with E-state index in [1.807, 2.05) is 6.07 Å². The molecule has 1 aromatic heterocycles. The van der Waals surface area contributed by atoms with Crippen LogP contribution in [0, 0.1) is 13.8 Å². The van der Waals surface area contributed by atoms with Gasteiger partial charge in [0.25, 0.3) is 0 Å². The summed E-state index contributed by atoms with van der Waals surface area (Å²) in [5.74, 6) is 1.35. The third-order valence-corrected chi connectivity index (χ3v) is 3.54. The number of hydrogen-bond donors (Lipinski definition) is 0. The zero-order chi connectivity index (χ0) is 12.7. The molecule has 0 unspecified atom stereocenters. The van der Waals surface area contributed by atoms with Crippen molar-refractivity contribution in [2.75, 3.05) is 0 Å². The van der Waals surface area contributed by atoms with E-state index in [1.165, 1.54) is 24.0 Å². The quantitative estimate of drug-likeness (QED) is 0.751. The van der Waals surface area contributed by atoms with Crippen LogP contribution in [-0.4, -0.2) is 9.97 Å². The molecule has 3 rings (SSSR count). The minimum Gasteiger partial charge on any atom is -0.233 e. The van der Waals surface area contributed by atoms with Gasteiger partial charge in [-0.25, -0.2) is 9.97 Å². The highest BCUT2D eigenvalue weighted by Crippen LogP contribution is 2.40. The van der Waals surface area contributed by atoms with Crippen LogP contribution in [0.5, 0.6) is 0 Å². The van der Waals surface area contributed by atoms with E-state index >= 15 is 0 Å². The summed E-state index contributed by atoms with van der Waals surface area (Å²) in [4.78, 5) is 9.04. The Morgan fingerprint density at radius 1 is 1.11 bits per heavy atom. The highest BCUT2D eigenvalue weighted by atomic mass is 35.5. The van der Waals surface area contributed by atoms with Crippen LogP contribution in [0.3, 0.4) is 0 Å². The van der Waals surface area contributed by atoms with Gasteiger partial charge in [0.2, 0.25) is 0 Å². The van der Waals surface area contributed by atoms with Gasteiger partial charge in [0.05, 0.1) is 0 Å². The second kappa shape index (κ2) is 4.36. The van der Waals surface area contributed by atoms with Gasteiger partial charge in [-0.3, -0.25) is 0 Å². The second-order valence-electron chi connectivity index (χ2n) is 5.03. The monoisotopic (exact) mass is 258 g/mol. The molecule has 1 heterocycles. The summed E-state index contributed by atoms with van der Waals surface area (Å²) < 4.78 is 0. The van der Waals surface area contributed by atoms with Crippen LogP contribution in [0.25, 0.3) is 11.4 Å². The summed E-state index contributed by atoms with van der Waals surface area (Å²) in [5, 5.41) is 0.544. The number of benzene rings is 1. The first-order valence-electron chi connectivity index (χ1n) is 6.25. The fourth-order valence-corrected chi connectivity index (χ4v) is 2.31. The Morgan fingerprint density at radius 2 is 1.89 bits per heavy atom. The van der Waals surface area contributed by atoms with Crippen molar-refractivity contribution >= 4 is 11.6 Å². The standard InChI is InChI=1S/C15H15ClN2/c1-9-3-4-10(2)12(7-9)15-17-13(11-5-6-11)8-14(16)18-15/h3-4,7-8,11H,5-6H2,1-2H3. The van der Waals surface area contributed by atoms with Crippen LogP contribution in [0.1, 0.15) is 35.6 Å². The molecule has 1 saturated carbocycles. The largest absolute Gasteiger partial charge is 0.233 e. The van der Waals surface area contributed by atoms with Crippen LogP contribution in [0.15, 0.2) is 24.3 Å². The molecule has 0 aliphatic heterocycles. The molecule has 2 nitrogen and oxygen atoms in total. The van der Waals surface area contributed by atoms with Crippen LogP contribution in [-0.2, 0) is 0 Å². The molecular weight excluding hydrogens is 244 g/mol. The third-order valence-electron chi connectivity index (χ3n) is 3.34. The number of nitrogens with zero attached hydrogens (tertiary/aromatic N) is 2. The number of aromatic nitrogens is 2. The Kier molecular flexibility index (Phi) is 2.83. The molecule has 1 aliphatic rings. The average molecular weight is 259 g/mol. The summed E-state index contributed by atoms with van der Waals surface area (Å²) in [6.07, 6.45) is 2.44. The van der Waals surface area contributed by atoms with E-state index in [4.69, 9.17) is 11.6 Å². The van der Waals surface area contributed by atoms with E-state index in [0.29, 0.717) is 11.1 Å². The molecule has 1 fully saturated rings. The van der Waals surface area contributed by atoms with E-state index in [9.17, 15) is 0 Å². The predicted octanol–water partition coefficient (Wildman–Crippen LogP) is 4.29. The summed E-state index contributed by atoms with van der Waals surface area (Å²) >= 11 is 6.11. The Morgan fingerprint density at radius 3 is 2.61 bits per heavy atom. The first kappa shape index (κ1) is 11.7. The van der Waals surface area contributed by atoms with Crippen molar-refractivity contribution in [3.8, 4) is 11.4 Å². The van der Waals surface area contributed by atoms with Crippen molar-refractivity contribution in [3.63, 3.8) is 0 Å². The van der Waals surface area contributed by atoms with Gasteiger partial charge in [0.15, 0.2) is 5.82 Å². The lowest BCUT2D eigenvalue weighted by Crippen LogP contribution is -1.96.